The molecule has 11 heteroatoms. The quantitative estimate of drug-likeness (QED) is 0.237. The normalized spacial score (nSPS) is 13.4. The van der Waals surface area contributed by atoms with Crippen molar-refractivity contribution in [3.63, 3.8) is 0 Å². The maximum absolute atomic E-state index is 14.3. The lowest BCUT2D eigenvalue weighted by molar-refractivity contribution is -0.159. The number of alkyl carbamates (subject to hydrolysis) is 1. The van der Waals surface area contributed by atoms with E-state index in [-0.39, 0.29) is 6.42 Å². The number of esters is 1. The van der Waals surface area contributed by atoms with Crippen LogP contribution < -0.4 is 16.4 Å². The number of ether oxygens (including phenoxy) is 2. The zero-order valence-corrected chi connectivity index (χ0v) is 27.9. The lowest BCUT2D eigenvalue weighted by atomic mass is 9.98. The summed E-state index contributed by atoms with van der Waals surface area (Å²) in [6.07, 6.45) is 4.17. The number of carbonyl (C=O) groups is 5. The fourth-order valence-corrected chi connectivity index (χ4v) is 4.58. The van der Waals surface area contributed by atoms with E-state index in [1.54, 1.807) is 79.7 Å². The fourth-order valence-electron chi connectivity index (χ4n) is 4.58. The molecule has 0 aliphatic heterocycles. The smallest absolute Gasteiger partial charge is 0.408 e. The topological polar surface area (TPSA) is 157 Å². The van der Waals surface area contributed by atoms with Gasteiger partial charge in [0, 0.05) is 18.0 Å². The molecule has 46 heavy (non-hydrogen) atoms. The summed E-state index contributed by atoms with van der Waals surface area (Å²) in [6, 6.07) is 11.0. The van der Waals surface area contributed by atoms with Gasteiger partial charge < -0.3 is 30.7 Å². The van der Waals surface area contributed by atoms with E-state index in [1.165, 1.54) is 4.90 Å². The van der Waals surface area contributed by atoms with Crippen LogP contribution in [0.15, 0.2) is 54.6 Å². The molecule has 0 fully saturated rings. The number of rotatable bonds is 12. The van der Waals surface area contributed by atoms with Crippen molar-refractivity contribution in [3.8, 4) is 12.3 Å². The van der Waals surface area contributed by atoms with Crippen molar-refractivity contribution in [1.29, 1.82) is 0 Å². The van der Waals surface area contributed by atoms with E-state index in [9.17, 15) is 24.0 Å². The van der Waals surface area contributed by atoms with Gasteiger partial charge in [0.05, 0.1) is 6.42 Å². The molecule has 0 saturated carbocycles. The summed E-state index contributed by atoms with van der Waals surface area (Å²) in [5.74, 6) is -0.461. The van der Waals surface area contributed by atoms with Crippen LogP contribution >= 0.6 is 0 Å². The number of amides is 4. The maximum atomic E-state index is 14.3. The Hall–Kier alpha value is -4.85. The van der Waals surface area contributed by atoms with E-state index in [2.05, 4.69) is 16.6 Å². The maximum Gasteiger partial charge on any atom is 0.408 e. The summed E-state index contributed by atoms with van der Waals surface area (Å²) in [6.45, 7) is 13.5. The van der Waals surface area contributed by atoms with Crippen LogP contribution in [0.3, 0.4) is 0 Å². The molecule has 0 radical (unpaired) electrons. The fraction of sp³-hybridized carbons (Fsp3) is 0.457. The second-order valence-electron chi connectivity index (χ2n) is 13.2. The molecule has 0 aliphatic rings. The van der Waals surface area contributed by atoms with E-state index in [0.717, 1.165) is 5.56 Å². The van der Waals surface area contributed by atoms with Gasteiger partial charge in [-0.25, -0.2) is 9.59 Å². The van der Waals surface area contributed by atoms with Crippen LogP contribution in [0.2, 0.25) is 0 Å². The molecule has 0 saturated heterocycles. The SMILES string of the molecule is C#Cc1ccc(C(C(=O)NC(Cc2ccccc2)C(=O)OC(C)(C)C)N(C(=O)C(CC(N)=O)NC(=O)OC(C)(C)C)C(C)C)cc1. The lowest BCUT2D eigenvalue weighted by Crippen LogP contribution is -2.57. The molecule has 0 bridgehead atoms. The van der Waals surface area contributed by atoms with Crippen LogP contribution in [0.1, 0.15) is 84.5 Å². The Labute approximate surface area is 271 Å². The molecule has 2 rings (SSSR count). The summed E-state index contributed by atoms with van der Waals surface area (Å²) >= 11 is 0. The van der Waals surface area contributed by atoms with Crippen molar-refractivity contribution in [2.75, 3.05) is 0 Å². The molecule has 3 unspecified atom stereocenters. The van der Waals surface area contributed by atoms with Gasteiger partial charge in [-0.05, 0) is 78.6 Å². The Kier molecular flexibility index (Phi) is 12.9. The number of terminal acetylenes is 1. The van der Waals surface area contributed by atoms with Crippen LogP contribution in [0.5, 0.6) is 0 Å². The number of hydrogen-bond acceptors (Lipinski definition) is 7. The van der Waals surface area contributed by atoms with Crippen molar-refractivity contribution in [2.45, 2.75) is 104 Å². The van der Waals surface area contributed by atoms with Gasteiger partial charge in [-0.1, -0.05) is 48.4 Å². The predicted molar refractivity (Wildman–Crippen MR) is 174 cm³/mol. The van der Waals surface area contributed by atoms with Gasteiger partial charge in [0.1, 0.15) is 29.3 Å². The van der Waals surface area contributed by atoms with Gasteiger partial charge >= 0.3 is 12.1 Å². The first-order chi connectivity index (χ1) is 21.3. The summed E-state index contributed by atoms with van der Waals surface area (Å²) < 4.78 is 11.0. The van der Waals surface area contributed by atoms with Crippen LogP contribution in [0.25, 0.3) is 0 Å². The van der Waals surface area contributed by atoms with E-state index in [1.807, 2.05) is 30.3 Å². The standard InChI is InChI=1S/C35H46N4O7/c1-10-23-16-18-25(19-17-23)29(30(41)37-27(32(43)45-34(4,5)6)20-24-14-12-11-13-15-24)39(22(2)3)31(42)26(21-28(36)40)38-33(44)46-35(7,8)9/h1,11-19,22,26-27,29H,20-21H2,2-9H3,(H2,36,40)(H,37,41)(H,38,44). The summed E-state index contributed by atoms with van der Waals surface area (Å²) in [5.41, 5.74) is 5.42. The largest absolute Gasteiger partial charge is 0.458 e. The number of benzene rings is 2. The number of hydrogen-bond donors (Lipinski definition) is 3. The van der Waals surface area contributed by atoms with Gasteiger partial charge in [-0.2, -0.15) is 0 Å². The molecular weight excluding hydrogens is 588 g/mol. The molecule has 0 spiro atoms. The van der Waals surface area contributed by atoms with Gasteiger partial charge in [0.25, 0.3) is 0 Å². The number of carbonyl (C=O) groups excluding carboxylic acids is 5. The Balaban J connectivity index is 2.62. The van der Waals surface area contributed by atoms with Crippen molar-refractivity contribution >= 4 is 29.8 Å². The van der Waals surface area contributed by atoms with Gasteiger partial charge in [-0.3, -0.25) is 14.4 Å². The van der Waals surface area contributed by atoms with E-state index in [0.29, 0.717) is 11.1 Å². The third-order valence-electron chi connectivity index (χ3n) is 6.42. The van der Waals surface area contributed by atoms with Crippen molar-refractivity contribution in [3.05, 3.63) is 71.3 Å². The zero-order chi connectivity index (χ0) is 34.8. The van der Waals surface area contributed by atoms with Crippen molar-refractivity contribution in [2.24, 2.45) is 5.73 Å². The minimum atomic E-state index is -1.46. The third-order valence-corrected chi connectivity index (χ3v) is 6.42. The number of nitrogens with one attached hydrogen (secondary N) is 2. The van der Waals surface area contributed by atoms with Crippen molar-refractivity contribution < 1.29 is 33.4 Å². The average Bonchev–Trinajstić information content (AvgIpc) is 2.93. The number of nitrogens with two attached hydrogens (primary N) is 1. The molecule has 2 aromatic carbocycles. The Bertz CT molecular complexity index is 1420. The Morgan fingerprint density at radius 2 is 1.41 bits per heavy atom. The van der Waals surface area contributed by atoms with E-state index in [4.69, 9.17) is 21.6 Å². The number of nitrogens with zero attached hydrogens (tertiary/aromatic N) is 1. The second-order valence-corrected chi connectivity index (χ2v) is 13.2. The molecule has 248 valence electrons. The van der Waals surface area contributed by atoms with Gasteiger partial charge in [0.15, 0.2) is 0 Å². The first-order valence-corrected chi connectivity index (χ1v) is 15.0. The minimum absolute atomic E-state index is 0.115. The summed E-state index contributed by atoms with van der Waals surface area (Å²) in [7, 11) is 0. The average molecular weight is 635 g/mol. The molecule has 0 heterocycles. The molecule has 11 nitrogen and oxygen atoms in total. The number of primary amides is 1. The highest BCUT2D eigenvalue weighted by molar-refractivity contribution is 5.96. The van der Waals surface area contributed by atoms with Gasteiger partial charge in [-0.15, -0.1) is 6.42 Å². The Morgan fingerprint density at radius 1 is 0.848 bits per heavy atom. The zero-order valence-electron chi connectivity index (χ0n) is 27.9. The summed E-state index contributed by atoms with van der Waals surface area (Å²) in [4.78, 5) is 67.9. The molecule has 4 N–H and O–H groups in total. The van der Waals surface area contributed by atoms with E-state index >= 15 is 0 Å². The van der Waals surface area contributed by atoms with Crippen LogP contribution in [0, 0.1) is 12.3 Å². The minimum Gasteiger partial charge on any atom is -0.458 e. The van der Waals surface area contributed by atoms with Crippen LogP contribution in [0.4, 0.5) is 4.79 Å². The lowest BCUT2D eigenvalue weighted by Gasteiger charge is -2.37. The first-order valence-electron chi connectivity index (χ1n) is 15.0. The van der Waals surface area contributed by atoms with Crippen LogP contribution in [-0.2, 0) is 35.1 Å². The van der Waals surface area contributed by atoms with Crippen LogP contribution in [-0.4, -0.2) is 64.0 Å². The molecule has 0 aliphatic carbocycles. The monoisotopic (exact) mass is 634 g/mol. The molecular formula is C35H46N4O7. The highest BCUT2D eigenvalue weighted by Crippen LogP contribution is 2.27. The molecule has 4 amide bonds. The Morgan fingerprint density at radius 3 is 1.89 bits per heavy atom. The molecule has 3 atom stereocenters. The predicted octanol–water partition coefficient (Wildman–Crippen LogP) is 3.78. The van der Waals surface area contributed by atoms with Gasteiger partial charge in [0.2, 0.25) is 17.7 Å². The van der Waals surface area contributed by atoms with E-state index < -0.39 is 71.6 Å². The highest BCUT2D eigenvalue weighted by atomic mass is 16.6. The summed E-state index contributed by atoms with van der Waals surface area (Å²) in [5, 5.41) is 5.24. The highest BCUT2D eigenvalue weighted by Gasteiger charge is 2.40. The second kappa shape index (κ2) is 15.9. The molecule has 0 aromatic heterocycles. The first kappa shape index (κ1) is 37.3. The molecule has 2 aromatic rings. The third kappa shape index (κ3) is 11.9. The van der Waals surface area contributed by atoms with Crippen molar-refractivity contribution in [1.82, 2.24) is 15.5 Å².